The lowest BCUT2D eigenvalue weighted by Gasteiger charge is -2.18. The highest BCUT2D eigenvalue weighted by Crippen LogP contribution is 2.52. The lowest BCUT2D eigenvalue weighted by molar-refractivity contribution is 0.400. The molecule has 2 aliphatic rings. The molecule has 1 aromatic carbocycles. The quantitative estimate of drug-likeness (QED) is 0.811. The number of imidazole rings is 1. The molecular formula is C15H18N2S. The van der Waals surface area contributed by atoms with Gasteiger partial charge in [-0.05, 0) is 68.3 Å². The summed E-state index contributed by atoms with van der Waals surface area (Å²) >= 11 is 5.59. The number of fused-ring (bicyclic) bond motifs is 1. The minimum Gasteiger partial charge on any atom is -0.330 e. The molecule has 2 fully saturated rings. The van der Waals surface area contributed by atoms with Gasteiger partial charge >= 0.3 is 0 Å². The van der Waals surface area contributed by atoms with E-state index in [9.17, 15) is 0 Å². The van der Waals surface area contributed by atoms with E-state index in [-0.39, 0.29) is 0 Å². The molecule has 94 valence electrons. The summed E-state index contributed by atoms with van der Waals surface area (Å²) in [7, 11) is 0. The second-order valence-corrected chi connectivity index (χ2v) is 6.32. The highest BCUT2D eigenvalue weighted by atomic mass is 32.1. The summed E-state index contributed by atoms with van der Waals surface area (Å²) in [6.45, 7) is 2.15. The summed E-state index contributed by atoms with van der Waals surface area (Å²) in [5.41, 5.74) is 3.83. The van der Waals surface area contributed by atoms with Crippen LogP contribution in [-0.2, 0) is 0 Å². The zero-order valence-electron chi connectivity index (χ0n) is 10.6. The number of hydrogen-bond acceptors (Lipinski definition) is 1. The summed E-state index contributed by atoms with van der Waals surface area (Å²) in [6, 6.07) is 7.18. The molecule has 0 aliphatic heterocycles. The summed E-state index contributed by atoms with van der Waals surface area (Å²) in [5.74, 6) is 1.76. The molecule has 0 amide bonds. The Balaban J connectivity index is 1.95. The first-order chi connectivity index (χ1) is 8.75. The van der Waals surface area contributed by atoms with Gasteiger partial charge in [0.05, 0.1) is 11.0 Å². The van der Waals surface area contributed by atoms with E-state index in [1.54, 1.807) is 0 Å². The fraction of sp³-hybridized carbons (Fsp3) is 0.533. The Bertz CT molecular complexity index is 647. The van der Waals surface area contributed by atoms with Crippen LogP contribution >= 0.6 is 12.2 Å². The Morgan fingerprint density at radius 3 is 2.50 bits per heavy atom. The van der Waals surface area contributed by atoms with Crippen molar-refractivity contribution in [2.24, 2.45) is 11.8 Å². The molecule has 0 radical (unpaired) electrons. The second-order valence-electron chi connectivity index (χ2n) is 5.93. The zero-order chi connectivity index (χ0) is 12.3. The van der Waals surface area contributed by atoms with Gasteiger partial charge in [-0.3, -0.25) is 0 Å². The van der Waals surface area contributed by atoms with Crippen LogP contribution in [0.4, 0.5) is 0 Å². The minimum atomic E-state index is 0.660. The van der Waals surface area contributed by atoms with Crippen LogP contribution in [0.25, 0.3) is 11.0 Å². The smallest absolute Gasteiger partial charge is 0.178 e. The second kappa shape index (κ2) is 3.70. The van der Waals surface area contributed by atoms with Crippen LogP contribution in [0, 0.1) is 23.5 Å². The van der Waals surface area contributed by atoms with E-state index in [2.05, 4.69) is 34.7 Å². The number of H-pyrrole nitrogens is 1. The van der Waals surface area contributed by atoms with E-state index < -0.39 is 0 Å². The molecule has 18 heavy (non-hydrogen) atoms. The number of nitrogens with one attached hydrogen (secondary N) is 1. The molecule has 2 nitrogen and oxygen atoms in total. The molecule has 2 aromatic rings. The van der Waals surface area contributed by atoms with Gasteiger partial charge in [0.15, 0.2) is 4.77 Å². The Morgan fingerprint density at radius 1 is 1.22 bits per heavy atom. The first kappa shape index (κ1) is 10.8. The predicted octanol–water partition coefficient (Wildman–Crippen LogP) is 4.37. The van der Waals surface area contributed by atoms with Crippen LogP contribution in [0.5, 0.6) is 0 Å². The molecule has 0 saturated heterocycles. The van der Waals surface area contributed by atoms with Gasteiger partial charge in [-0.1, -0.05) is 12.1 Å². The third kappa shape index (κ3) is 1.57. The van der Waals surface area contributed by atoms with Crippen molar-refractivity contribution in [3.63, 3.8) is 0 Å². The third-order valence-corrected chi connectivity index (χ3v) is 4.77. The van der Waals surface area contributed by atoms with Crippen molar-refractivity contribution in [2.45, 2.75) is 38.6 Å². The molecule has 0 spiro atoms. The number of hydrogen-bond donors (Lipinski definition) is 1. The SMILES string of the molecule is Cc1cccc2c1[nH]c(=S)n2C(C1CC1)C1CC1. The van der Waals surface area contributed by atoms with Gasteiger partial charge in [0.1, 0.15) is 0 Å². The van der Waals surface area contributed by atoms with Crippen LogP contribution in [0.2, 0.25) is 0 Å². The summed E-state index contributed by atoms with van der Waals surface area (Å²) in [4.78, 5) is 3.42. The van der Waals surface area contributed by atoms with Gasteiger partial charge in [-0.15, -0.1) is 0 Å². The number of nitrogens with zero attached hydrogens (tertiary/aromatic N) is 1. The minimum absolute atomic E-state index is 0.660. The maximum Gasteiger partial charge on any atom is 0.178 e. The molecule has 0 unspecified atom stereocenters. The fourth-order valence-corrected chi connectivity index (χ4v) is 3.59. The first-order valence-corrected chi connectivity index (χ1v) is 7.36. The van der Waals surface area contributed by atoms with Crippen molar-refractivity contribution in [1.82, 2.24) is 9.55 Å². The molecule has 1 N–H and O–H groups in total. The van der Waals surface area contributed by atoms with E-state index in [1.807, 2.05) is 0 Å². The zero-order valence-corrected chi connectivity index (χ0v) is 11.5. The number of aryl methyl sites for hydroxylation is 1. The lowest BCUT2D eigenvalue weighted by atomic mass is 10.1. The monoisotopic (exact) mass is 258 g/mol. The maximum absolute atomic E-state index is 5.59. The molecule has 0 bridgehead atoms. The van der Waals surface area contributed by atoms with E-state index >= 15 is 0 Å². The highest BCUT2D eigenvalue weighted by Gasteiger charge is 2.43. The molecule has 2 saturated carbocycles. The summed E-state index contributed by atoms with van der Waals surface area (Å²) < 4.78 is 3.34. The van der Waals surface area contributed by atoms with Crippen molar-refractivity contribution in [3.05, 3.63) is 28.5 Å². The van der Waals surface area contributed by atoms with Crippen LogP contribution in [0.3, 0.4) is 0 Å². The molecule has 1 heterocycles. The largest absolute Gasteiger partial charge is 0.330 e. The van der Waals surface area contributed by atoms with Crippen LogP contribution < -0.4 is 0 Å². The topological polar surface area (TPSA) is 20.7 Å². The van der Waals surface area contributed by atoms with Gasteiger partial charge in [0.2, 0.25) is 0 Å². The van der Waals surface area contributed by atoms with Crippen molar-refractivity contribution >= 4 is 23.3 Å². The summed E-state index contributed by atoms with van der Waals surface area (Å²) in [6.07, 6.45) is 5.56. The number of benzene rings is 1. The lowest BCUT2D eigenvalue weighted by Crippen LogP contribution is -2.13. The van der Waals surface area contributed by atoms with Crippen molar-refractivity contribution in [3.8, 4) is 0 Å². The van der Waals surface area contributed by atoms with Gasteiger partial charge < -0.3 is 9.55 Å². The Labute approximate surface area is 112 Å². The van der Waals surface area contributed by atoms with Gasteiger partial charge in [0.25, 0.3) is 0 Å². The van der Waals surface area contributed by atoms with Crippen molar-refractivity contribution < 1.29 is 0 Å². The number of aromatic nitrogens is 2. The van der Waals surface area contributed by atoms with E-state index in [0.29, 0.717) is 6.04 Å². The number of para-hydroxylation sites is 1. The average molecular weight is 258 g/mol. The first-order valence-electron chi connectivity index (χ1n) is 6.95. The van der Waals surface area contributed by atoms with Gasteiger partial charge in [-0.25, -0.2) is 0 Å². The highest BCUT2D eigenvalue weighted by molar-refractivity contribution is 7.71. The Morgan fingerprint density at radius 2 is 1.89 bits per heavy atom. The van der Waals surface area contributed by atoms with Crippen LogP contribution in [0.15, 0.2) is 18.2 Å². The number of rotatable bonds is 3. The normalized spacial score (nSPS) is 19.9. The van der Waals surface area contributed by atoms with E-state index in [0.717, 1.165) is 16.6 Å². The molecule has 4 rings (SSSR count). The van der Waals surface area contributed by atoms with Crippen LogP contribution in [0.1, 0.15) is 37.3 Å². The fourth-order valence-electron chi connectivity index (χ4n) is 3.27. The average Bonchev–Trinajstić information content (AvgIpc) is 3.23. The maximum atomic E-state index is 5.59. The molecule has 1 aromatic heterocycles. The third-order valence-electron chi connectivity index (χ3n) is 4.47. The molecule has 0 atom stereocenters. The molecule has 2 aliphatic carbocycles. The van der Waals surface area contributed by atoms with E-state index in [1.165, 1.54) is 42.3 Å². The predicted molar refractivity (Wildman–Crippen MR) is 76.3 cm³/mol. The van der Waals surface area contributed by atoms with Crippen molar-refractivity contribution in [2.75, 3.05) is 0 Å². The van der Waals surface area contributed by atoms with Gasteiger partial charge in [0, 0.05) is 6.04 Å². The Kier molecular flexibility index (Phi) is 2.22. The Hall–Kier alpha value is -1.09. The van der Waals surface area contributed by atoms with Crippen molar-refractivity contribution in [1.29, 1.82) is 0 Å². The molecule has 3 heteroatoms. The molecular weight excluding hydrogens is 240 g/mol. The summed E-state index contributed by atoms with van der Waals surface area (Å²) in [5, 5.41) is 0. The van der Waals surface area contributed by atoms with Gasteiger partial charge in [-0.2, -0.15) is 0 Å². The van der Waals surface area contributed by atoms with Crippen LogP contribution in [-0.4, -0.2) is 9.55 Å². The number of aromatic amines is 1. The van der Waals surface area contributed by atoms with E-state index in [4.69, 9.17) is 12.2 Å². The standard InChI is InChI=1S/C15H18N2S/c1-9-3-2-4-12-13(9)16-15(18)17(12)14(10-5-6-10)11-7-8-11/h2-4,10-11,14H,5-8H2,1H3,(H,16,18).